The van der Waals surface area contributed by atoms with Crippen LogP contribution >= 0.6 is 68.8 Å². The number of ether oxygens (including phenoxy) is 1. The number of para-hydroxylation sites is 2. The van der Waals surface area contributed by atoms with Crippen LogP contribution in [-0.2, 0) is 114 Å². The minimum absolute atomic E-state index is 0. The van der Waals surface area contributed by atoms with E-state index >= 15 is 0 Å². The lowest BCUT2D eigenvalue weighted by atomic mass is 9.98. The van der Waals surface area contributed by atoms with E-state index in [-0.39, 0.29) is 49.2 Å². The Hall–Kier alpha value is -8.72. The van der Waals surface area contributed by atoms with Crippen molar-refractivity contribution in [1.82, 2.24) is 30.0 Å². The van der Waals surface area contributed by atoms with Crippen molar-refractivity contribution in [3.8, 4) is 0 Å². The first kappa shape index (κ1) is 89.2. The number of thiophene rings is 3. The standard InChI is InChI=1S/C32H34ClN3O3S.C25H32ClN3O4S.C20H24ClN3O2S.C11H13N.FH.H2/c33-23-11-8-21(9-12-23)17-25(38)18-29-31(32(34)39)27-14-16-36(20-30(27)40-29)15-4-3-5-24(37)13-10-22-19-35-28-7-2-1-6-26(22)28;1-25(2,3)33-24(32)28-10-4-11-29-12-9-19-21(15-29)34-20(22(19)23(27)31)14-18(30)13-16-5-7-17(26)8-6-16;21-14-4-2-13(3-5-14)10-15(25)11-17-19(20(23)26)16-6-9-24(8-1-7-22)12-18(16)27-17;1-2-5-9-8-12-11-7-4-3-6-10(9)11;;/h1-2,6-9,11-12,19,35H,3-5,10,13-18,20H2,(H2,34,39);5-8H,4,9-15H2,1-3H3,(H2,27,31)(H,28,32);2-5H,1,6-12,22H2,(H2,23,26);3-4,6-8,12H,2,5H2,1H3;2*1H. The molecule has 10 aromatic rings. The van der Waals surface area contributed by atoms with Crippen LogP contribution in [0.5, 0.6) is 0 Å². The number of nitrogens with zero attached hydrogens (tertiary/aromatic N) is 3. The summed E-state index contributed by atoms with van der Waals surface area (Å²) in [7, 11) is 0. The third kappa shape index (κ3) is 26.1. The van der Waals surface area contributed by atoms with E-state index in [1.54, 1.807) is 59.1 Å². The molecule has 114 heavy (non-hydrogen) atoms. The van der Waals surface area contributed by atoms with Gasteiger partial charge in [0.15, 0.2) is 0 Å². The summed E-state index contributed by atoms with van der Waals surface area (Å²) < 4.78 is 5.25. The van der Waals surface area contributed by atoms with Gasteiger partial charge < -0.3 is 43.0 Å². The van der Waals surface area contributed by atoms with Crippen molar-refractivity contribution >= 4 is 138 Å². The van der Waals surface area contributed by atoms with Crippen LogP contribution < -0.4 is 28.3 Å². The Morgan fingerprint density at radius 1 is 0.482 bits per heavy atom. The fourth-order valence-corrected chi connectivity index (χ4v) is 19.4. The molecule has 0 bridgehead atoms. The van der Waals surface area contributed by atoms with E-state index in [1.807, 2.05) is 75.5 Å². The highest BCUT2D eigenvalue weighted by atomic mass is 35.5. The molecule has 0 radical (unpaired) electrons. The summed E-state index contributed by atoms with van der Waals surface area (Å²) >= 11 is 22.4. The average molecular weight is 1670 g/mol. The van der Waals surface area contributed by atoms with Crippen molar-refractivity contribution in [2.75, 3.05) is 52.4 Å². The lowest BCUT2D eigenvalue weighted by molar-refractivity contribution is -0.119. The van der Waals surface area contributed by atoms with E-state index < -0.39 is 29.4 Å². The van der Waals surface area contributed by atoms with Crippen LogP contribution in [0, 0.1) is 0 Å². The van der Waals surface area contributed by atoms with E-state index in [2.05, 4.69) is 79.5 Å². The van der Waals surface area contributed by atoms with Gasteiger partial charge in [0, 0.05) is 184 Å². The van der Waals surface area contributed by atoms with Gasteiger partial charge in [0.1, 0.15) is 28.7 Å². The van der Waals surface area contributed by atoms with Gasteiger partial charge in [-0.2, -0.15) is 0 Å². The maximum Gasteiger partial charge on any atom is 0.407 e. The minimum atomic E-state index is -0.515. The van der Waals surface area contributed by atoms with Crippen molar-refractivity contribution in [3.05, 3.63) is 239 Å². The van der Waals surface area contributed by atoms with Gasteiger partial charge in [-0.15, -0.1) is 34.0 Å². The van der Waals surface area contributed by atoms with Crippen molar-refractivity contribution in [1.29, 1.82) is 0 Å². The number of hydrogen-bond donors (Lipinski definition) is 7. The van der Waals surface area contributed by atoms with Gasteiger partial charge in [0.25, 0.3) is 0 Å². The summed E-state index contributed by atoms with van der Waals surface area (Å²) in [6.07, 6.45) is 15.4. The predicted molar refractivity (Wildman–Crippen MR) is 462 cm³/mol. The number of carbonyl (C=O) groups is 8. The highest BCUT2D eigenvalue weighted by Crippen LogP contribution is 2.38. The number of aryl methyl sites for hydroxylation is 2. The van der Waals surface area contributed by atoms with Crippen LogP contribution in [0.15, 0.2) is 134 Å². The maximum atomic E-state index is 12.8. The van der Waals surface area contributed by atoms with Gasteiger partial charge in [-0.1, -0.05) is 121 Å². The van der Waals surface area contributed by atoms with Crippen LogP contribution in [0.1, 0.15) is 179 Å². The normalized spacial score (nSPS) is 13.3. The first-order valence-electron chi connectivity index (χ1n) is 38.8. The molecule has 13 rings (SSSR count). The number of primary amides is 3. The lowest BCUT2D eigenvalue weighted by Gasteiger charge is -2.27. The Labute approximate surface area is 695 Å². The quantitative estimate of drug-likeness (QED) is 0.0193. The number of unbranched alkanes of at least 4 members (excludes halogenated alkanes) is 1. The highest BCUT2D eigenvalue weighted by molar-refractivity contribution is 7.13. The number of aromatic amines is 2. The number of ketones is 4. The molecule has 0 fully saturated rings. The van der Waals surface area contributed by atoms with Gasteiger partial charge in [-0.25, -0.2) is 4.79 Å². The zero-order valence-electron chi connectivity index (χ0n) is 65.3. The highest BCUT2D eigenvalue weighted by Gasteiger charge is 2.32. The van der Waals surface area contributed by atoms with Crippen molar-refractivity contribution in [2.24, 2.45) is 22.9 Å². The minimum Gasteiger partial charge on any atom is -0.444 e. The first-order chi connectivity index (χ1) is 54.3. The molecule has 5 aromatic carbocycles. The topological polar surface area (TPSA) is 303 Å². The van der Waals surface area contributed by atoms with Gasteiger partial charge in [0.2, 0.25) is 17.7 Å². The van der Waals surface area contributed by atoms with Crippen LogP contribution in [0.3, 0.4) is 0 Å². The molecule has 0 saturated carbocycles. The van der Waals surface area contributed by atoms with Crippen LogP contribution in [0.2, 0.25) is 15.1 Å². The number of nitrogens with two attached hydrogens (primary N) is 4. The molecule has 3 aliphatic rings. The first-order valence-corrected chi connectivity index (χ1v) is 42.4. The molecule has 0 spiro atoms. The molecule has 19 nitrogen and oxygen atoms in total. The van der Waals surface area contributed by atoms with Gasteiger partial charge in [-0.05, 0) is 191 Å². The maximum absolute atomic E-state index is 12.8. The fraction of sp³-hybridized carbons (Fsp3) is 0.386. The summed E-state index contributed by atoms with van der Waals surface area (Å²) in [4.78, 5) is 118. The van der Waals surface area contributed by atoms with Crippen LogP contribution in [0.4, 0.5) is 9.50 Å². The monoisotopic (exact) mass is 1670 g/mol. The number of aromatic nitrogens is 2. The molecular weight excluding hydrogens is 1560 g/mol. The number of amides is 4. The summed E-state index contributed by atoms with van der Waals surface area (Å²) in [6.45, 7) is 16.4. The number of hydrogen-bond acceptors (Lipinski definition) is 16. The fourth-order valence-electron chi connectivity index (χ4n) is 14.7. The van der Waals surface area contributed by atoms with E-state index in [9.17, 15) is 38.4 Å². The SMILES string of the molecule is CC(C)(C)OC(=O)NCCCN1CCc2c(sc(CC(=O)Cc3ccc(Cl)cc3)c2C(N)=O)C1.CCCc1c[nH]c2ccccc12.F.NC(=O)c1c(CC(=O)Cc2ccc(Cl)cc2)sc2c1CCN(CCCCC(=O)CCc1c[nH]c3ccccc13)C2.NCCCN1CCc2c(sc(CC(=O)Cc3ccc(Cl)cc3)c2C(N)=O)C1.[HH]. The Morgan fingerprint density at radius 3 is 1.22 bits per heavy atom. The Kier molecular flexibility index (Phi) is 33.9. The third-order valence-electron chi connectivity index (χ3n) is 20.1. The van der Waals surface area contributed by atoms with Gasteiger partial charge >= 0.3 is 6.09 Å². The molecule has 608 valence electrons. The van der Waals surface area contributed by atoms with Crippen LogP contribution in [-0.4, -0.2) is 130 Å². The second-order valence-electron chi connectivity index (χ2n) is 30.0. The number of H-pyrrole nitrogens is 2. The van der Waals surface area contributed by atoms with E-state index in [1.165, 1.54) is 51.6 Å². The number of nitrogens with one attached hydrogen (secondary N) is 3. The molecule has 26 heteroatoms. The Balaban J connectivity index is 0.000000202. The van der Waals surface area contributed by atoms with Crippen molar-refractivity contribution in [2.45, 2.75) is 169 Å². The molecular formula is C88H106Cl3FN10O9S3. The number of rotatable bonds is 32. The second-order valence-corrected chi connectivity index (χ2v) is 34.9. The molecule has 5 aromatic heterocycles. The zero-order valence-corrected chi connectivity index (χ0v) is 70.0. The number of benzene rings is 5. The summed E-state index contributed by atoms with van der Waals surface area (Å²) in [6, 6.07) is 38.4. The number of carbonyl (C=O) groups excluding carboxylic acids is 8. The molecule has 11 N–H and O–H groups in total. The zero-order chi connectivity index (χ0) is 80.7. The largest absolute Gasteiger partial charge is 0.444 e. The van der Waals surface area contributed by atoms with Crippen LogP contribution in [0.25, 0.3) is 21.8 Å². The average Bonchev–Trinajstić information content (AvgIpc) is 1.67. The summed E-state index contributed by atoms with van der Waals surface area (Å²) in [5.41, 5.74) is 34.6. The predicted octanol–water partition coefficient (Wildman–Crippen LogP) is 16.3. The number of fused-ring (bicyclic) bond motifs is 5. The number of Topliss-reactive ketones (excluding diaryl/α,β-unsaturated/α-hetero) is 4. The molecule has 8 heterocycles. The summed E-state index contributed by atoms with van der Waals surface area (Å²) in [5, 5.41) is 7.26. The number of halogens is 4. The summed E-state index contributed by atoms with van der Waals surface area (Å²) in [5.74, 6) is -0.893. The number of alkyl carbamates (subject to hydrolysis) is 1. The molecule has 0 aliphatic carbocycles. The molecule has 4 amide bonds. The molecule has 0 atom stereocenters. The Morgan fingerprint density at radius 2 is 0.851 bits per heavy atom. The van der Waals surface area contributed by atoms with Gasteiger partial charge in [-0.3, -0.25) is 53.0 Å². The Bertz CT molecular complexity index is 4960. The van der Waals surface area contributed by atoms with Crippen molar-refractivity contribution < 1.29 is 49.2 Å². The smallest absolute Gasteiger partial charge is 0.407 e. The second kappa shape index (κ2) is 43.3. The van der Waals surface area contributed by atoms with E-state index in [4.69, 9.17) is 62.5 Å². The van der Waals surface area contributed by atoms with E-state index in [0.717, 1.165) is 172 Å². The van der Waals surface area contributed by atoms with Crippen molar-refractivity contribution in [3.63, 3.8) is 0 Å². The molecule has 0 unspecified atom stereocenters. The van der Waals surface area contributed by atoms with Gasteiger partial charge in [0.05, 0.1) is 16.7 Å². The molecule has 3 aliphatic heterocycles. The third-order valence-corrected chi connectivity index (χ3v) is 24.5. The van der Waals surface area contributed by atoms with E-state index in [0.29, 0.717) is 82.9 Å². The lowest BCUT2D eigenvalue weighted by Crippen LogP contribution is -2.36. The molecule has 0 saturated heterocycles.